The second-order valence-electron chi connectivity index (χ2n) is 7.44. The number of carbonyl (C=O) groups is 1. The minimum atomic E-state index is -0.947. The molecule has 0 bridgehead atoms. The van der Waals surface area contributed by atoms with Gasteiger partial charge in [0.05, 0.1) is 5.69 Å². The van der Waals surface area contributed by atoms with Gasteiger partial charge in [-0.2, -0.15) is 0 Å². The van der Waals surface area contributed by atoms with Crippen LogP contribution in [0.25, 0.3) is 11.1 Å². The molecule has 8 nitrogen and oxygen atoms in total. The summed E-state index contributed by atoms with van der Waals surface area (Å²) in [6.45, 7) is 5.62. The first kappa shape index (κ1) is 21.9. The number of halogens is 1. The van der Waals surface area contributed by atoms with Gasteiger partial charge in [-0.25, -0.2) is 4.39 Å². The fourth-order valence-corrected chi connectivity index (χ4v) is 3.37. The van der Waals surface area contributed by atoms with E-state index < -0.39 is 17.3 Å². The van der Waals surface area contributed by atoms with Crippen LogP contribution in [0, 0.1) is 26.6 Å². The van der Waals surface area contributed by atoms with Gasteiger partial charge in [-0.3, -0.25) is 19.4 Å². The van der Waals surface area contributed by atoms with Gasteiger partial charge >= 0.3 is 5.97 Å². The highest BCUT2D eigenvalue weighted by Crippen LogP contribution is 2.39. The number of aryl methyl sites for hydroxylation is 4. The molecule has 0 spiro atoms. The van der Waals surface area contributed by atoms with E-state index in [1.807, 2.05) is 32.0 Å². The first-order chi connectivity index (χ1) is 14.7. The van der Waals surface area contributed by atoms with Crippen molar-refractivity contribution in [2.24, 2.45) is 10.2 Å². The maximum atomic E-state index is 14.3. The Labute approximate surface area is 177 Å². The molecule has 9 heteroatoms. The number of aliphatic carboxylic acids is 1. The number of aromatic hydroxyl groups is 1. The number of nitrogens with one attached hydrogen (secondary N) is 1. The van der Waals surface area contributed by atoms with E-state index in [0.29, 0.717) is 11.3 Å². The number of carboxylic acid groups (broad SMARTS) is 1. The highest BCUT2D eigenvalue weighted by atomic mass is 19.1. The van der Waals surface area contributed by atoms with Gasteiger partial charge in [-0.15, -0.1) is 10.2 Å². The number of aromatic amines is 1. The van der Waals surface area contributed by atoms with Crippen molar-refractivity contribution in [1.82, 2.24) is 9.78 Å². The summed E-state index contributed by atoms with van der Waals surface area (Å²) >= 11 is 0. The second kappa shape index (κ2) is 8.95. The van der Waals surface area contributed by atoms with Crippen LogP contribution in [0.3, 0.4) is 0 Å². The second-order valence-corrected chi connectivity index (χ2v) is 7.44. The third kappa shape index (κ3) is 5.06. The summed E-state index contributed by atoms with van der Waals surface area (Å²) in [6.07, 6.45) is 0.204. The number of phenols is 1. The molecule has 0 unspecified atom stereocenters. The molecule has 0 aliphatic carbocycles. The van der Waals surface area contributed by atoms with Crippen LogP contribution in [0.4, 0.5) is 15.8 Å². The highest BCUT2D eigenvalue weighted by Gasteiger charge is 2.15. The molecule has 0 radical (unpaired) electrons. The Bertz CT molecular complexity index is 1210. The van der Waals surface area contributed by atoms with Crippen molar-refractivity contribution in [1.29, 1.82) is 0 Å². The third-order valence-electron chi connectivity index (χ3n) is 4.72. The van der Waals surface area contributed by atoms with E-state index in [0.717, 1.165) is 17.2 Å². The van der Waals surface area contributed by atoms with Crippen LogP contribution in [0.15, 0.2) is 45.4 Å². The normalized spacial score (nSPS) is 11.4. The lowest BCUT2D eigenvalue weighted by atomic mass is 9.99. The van der Waals surface area contributed by atoms with E-state index in [2.05, 4.69) is 15.3 Å². The molecule has 0 saturated carbocycles. The molecule has 0 atom stereocenters. The molecule has 3 aromatic rings. The summed E-state index contributed by atoms with van der Waals surface area (Å²) in [4.78, 5) is 23.1. The zero-order valence-electron chi connectivity index (χ0n) is 17.4. The monoisotopic (exact) mass is 426 g/mol. The smallest absolute Gasteiger partial charge is 0.303 e. The molecule has 162 valence electrons. The number of carboxylic acids is 1. The van der Waals surface area contributed by atoms with Crippen molar-refractivity contribution in [2.45, 2.75) is 40.2 Å². The number of aromatic nitrogens is 2. The first-order valence-electron chi connectivity index (χ1n) is 9.70. The number of H-pyrrole nitrogens is 1. The van der Waals surface area contributed by atoms with Crippen molar-refractivity contribution in [3.63, 3.8) is 0 Å². The molecular weight excluding hydrogens is 403 g/mol. The summed E-state index contributed by atoms with van der Waals surface area (Å²) in [5.41, 5.74) is 2.70. The predicted molar refractivity (Wildman–Crippen MR) is 114 cm³/mol. The quantitative estimate of drug-likeness (QED) is 0.466. The molecule has 3 N–H and O–H groups in total. The van der Waals surface area contributed by atoms with E-state index >= 15 is 0 Å². The van der Waals surface area contributed by atoms with Crippen LogP contribution in [-0.4, -0.2) is 26.0 Å². The Balaban J connectivity index is 1.95. The van der Waals surface area contributed by atoms with Crippen molar-refractivity contribution >= 4 is 17.3 Å². The minimum Gasteiger partial charge on any atom is -0.505 e. The summed E-state index contributed by atoms with van der Waals surface area (Å²) in [7, 11) is 0. The van der Waals surface area contributed by atoms with Crippen molar-refractivity contribution in [3.05, 3.63) is 63.3 Å². The summed E-state index contributed by atoms with van der Waals surface area (Å²) in [5.74, 6) is -1.79. The fourth-order valence-electron chi connectivity index (χ4n) is 3.37. The van der Waals surface area contributed by atoms with Gasteiger partial charge in [0.15, 0.2) is 11.4 Å². The Morgan fingerprint density at radius 2 is 1.77 bits per heavy atom. The molecule has 0 aliphatic heterocycles. The lowest BCUT2D eigenvalue weighted by molar-refractivity contribution is -0.137. The molecule has 0 aliphatic rings. The SMILES string of the molecule is Cc1cc(C)cc(-c2cc(F)cc(N=Nc3c(C)[nH]n(CCCC(=O)O)c3=O)c2O)c1. The number of hydrogen-bond acceptors (Lipinski definition) is 5. The van der Waals surface area contributed by atoms with Crippen LogP contribution >= 0.6 is 0 Å². The number of azo groups is 1. The maximum Gasteiger partial charge on any atom is 0.303 e. The summed E-state index contributed by atoms with van der Waals surface area (Å²) < 4.78 is 15.5. The third-order valence-corrected chi connectivity index (χ3v) is 4.72. The van der Waals surface area contributed by atoms with E-state index in [1.54, 1.807) is 6.92 Å². The van der Waals surface area contributed by atoms with Crippen molar-refractivity contribution < 1.29 is 19.4 Å². The zero-order chi connectivity index (χ0) is 22.7. The molecule has 31 heavy (non-hydrogen) atoms. The molecular formula is C22H23FN4O4. The number of phenolic OH excluding ortho intramolecular Hbond substituents is 1. The molecule has 0 amide bonds. The van der Waals surface area contributed by atoms with Gasteiger partial charge < -0.3 is 10.2 Å². The minimum absolute atomic E-state index is 0.00642. The van der Waals surface area contributed by atoms with Crippen molar-refractivity contribution in [2.75, 3.05) is 0 Å². The number of hydrogen-bond donors (Lipinski definition) is 3. The van der Waals surface area contributed by atoms with Crippen LogP contribution in [0.5, 0.6) is 5.75 Å². The fraction of sp³-hybridized carbons (Fsp3) is 0.273. The van der Waals surface area contributed by atoms with Gasteiger partial charge in [0.2, 0.25) is 0 Å². The van der Waals surface area contributed by atoms with E-state index in [-0.39, 0.29) is 42.1 Å². The molecule has 1 heterocycles. The Morgan fingerprint density at radius 3 is 2.42 bits per heavy atom. The largest absolute Gasteiger partial charge is 0.505 e. The van der Waals surface area contributed by atoms with Crippen LogP contribution < -0.4 is 5.56 Å². The average molecular weight is 426 g/mol. The molecule has 0 saturated heterocycles. The van der Waals surface area contributed by atoms with Crippen LogP contribution in [-0.2, 0) is 11.3 Å². The van der Waals surface area contributed by atoms with Gasteiger partial charge in [-0.1, -0.05) is 29.3 Å². The highest BCUT2D eigenvalue weighted by molar-refractivity contribution is 5.77. The summed E-state index contributed by atoms with van der Waals surface area (Å²) in [5, 5.41) is 30.1. The van der Waals surface area contributed by atoms with Gasteiger partial charge in [-0.05, 0) is 38.8 Å². The zero-order valence-corrected chi connectivity index (χ0v) is 17.4. The summed E-state index contributed by atoms with van der Waals surface area (Å²) in [6, 6.07) is 7.89. The molecule has 1 aromatic heterocycles. The Hall–Kier alpha value is -3.75. The first-order valence-corrected chi connectivity index (χ1v) is 9.70. The molecule has 2 aromatic carbocycles. The lowest BCUT2D eigenvalue weighted by Crippen LogP contribution is -2.17. The predicted octanol–water partition coefficient (Wildman–Crippen LogP) is 4.89. The number of rotatable bonds is 7. The average Bonchev–Trinajstić information content (AvgIpc) is 2.94. The number of nitrogens with zero attached hydrogens (tertiary/aromatic N) is 3. The molecule has 0 fully saturated rings. The van der Waals surface area contributed by atoms with Gasteiger partial charge in [0.25, 0.3) is 5.56 Å². The Kier molecular flexibility index (Phi) is 6.33. The van der Waals surface area contributed by atoms with Crippen LogP contribution in [0.2, 0.25) is 0 Å². The maximum absolute atomic E-state index is 14.3. The molecule has 3 rings (SSSR count). The van der Waals surface area contributed by atoms with Crippen molar-refractivity contribution in [3.8, 4) is 16.9 Å². The van der Waals surface area contributed by atoms with Crippen LogP contribution in [0.1, 0.15) is 29.7 Å². The Morgan fingerprint density at radius 1 is 1.10 bits per heavy atom. The number of benzene rings is 2. The van der Waals surface area contributed by atoms with E-state index in [1.165, 1.54) is 10.7 Å². The van der Waals surface area contributed by atoms with Gasteiger partial charge in [0, 0.05) is 24.6 Å². The standard InChI is InChI=1S/C22H23FN4O4/c1-12-7-13(2)9-15(8-12)17-10-16(23)11-18(21(17)30)24-25-20-14(3)26-27(22(20)31)6-4-5-19(28)29/h7-11,26,30H,4-6H2,1-3H3,(H,28,29). The van der Waals surface area contributed by atoms with E-state index in [4.69, 9.17) is 5.11 Å². The topological polar surface area (TPSA) is 120 Å². The van der Waals surface area contributed by atoms with E-state index in [9.17, 15) is 19.1 Å². The van der Waals surface area contributed by atoms with Gasteiger partial charge in [0.1, 0.15) is 11.5 Å². The lowest BCUT2D eigenvalue weighted by Gasteiger charge is -2.09.